The van der Waals surface area contributed by atoms with Gasteiger partial charge in [-0.3, -0.25) is 9.78 Å². The standard InChI is InChI=1S/C20H17NO5/c1-22-17-14-12-16(13-15-17)21-20(25-23-18-8-4-2-5-9-18)26-24-19-10-6-3-7-11-19/h2-15H,1H3. The molecule has 0 aromatic heterocycles. The average molecular weight is 351 g/mol. The fraction of sp³-hybridized carbons (Fsp3) is 0.0500. The van der Waals surface area contributed by atoms with E-state index in [0.717, 1.165) is 0 Å². The maximum absolute atomic E-state index is 5.21. The van der Waals surface area contributed by atoms with Gasteiger partial charge in [-0.15, -0.1) is 0 Å². The second kappa shape index (κ2) is 8.98. The molecule has 3 aromatic carbocycles. The Kier molecular flexibility index (Phi) is 5.93. The minimum absolute atomic E-state index is 0.206. The molecule has 0 heterocycles. The summed E-state index contributed by atoms with van der Waals surface area (Å²) in [6.07, 6.45) is -0.206. The van der Waals surface area contributed by atoms with Crippen molar-refractivity contribution in [2.24, 2.45) is 4.99 Å². The molecule has 0 atom stereocenters. The summed E-state index contributed by atoms with van der Waals surface area (Å²) in [7, 11) is 1.59. The van der Waals surface area contributed by atoms with Gasteiger partial charge in [0.1, 0.15) is 5.75 Å². The van der Waals surface area contributed by atoms with Crippen LogP contribution in [-0.2, 0) is 9.78 Å². The third-order valence-corrected chi connectivity index (χ3v) is 3.20. The van der Waals surface area contributed by atoms with Crippen LogP contribution in [0.15, 0.2) is 89.9 Å². The minimum atomic E-state index is -0.206. The number of benzene rings is 3. The molecule has 0 amide bonds. The second-order valence-electron chi connectivity index (χ2n) is 5.04. The van der Waals surface area contributed by atoms with Gasteiger partial charge in [0, 0.05) is 0 Å². The van der Waals surface area contributed by atoms with E-state index in [1.807, 2.05) is 36.4 Å². The zero-order chi connectivity index (χ0) is 18.0. The molecule has 0 radical (unpaired) electrons. The fourth-order valence-corrected chi connectivity index (χ4v) is 1.93. The third-order valence-electron chi connectivity index (χ3n) is 3.20. The lowest BCUT2D eigenvalue weighted by Gasteiger charge is -2.08. The first kappa shape index (κ1) is 17.2. The van der Waals surface area contributed by atoms with Gasteiger partial charge in [-0.25, -0.2) is 9.78 Å². The molecule has 6 heteroatoms. The van der Waals surface area contributed by atoms with Crippen molar-refractivity contribution >= 4 is 11.8 Å². The van der Waals surface area contributed by atoms with E-state index in [1.54, 1.807) is 55.6 Å². The molecular weight excluding hydrogens is 334 g/mol. The normalized spacial score (nSPS) is 9.73. The Bertz CT molecular complexity index is 774. The number of hydrogen-bond acceptors (Lipinski definition) is 6. The van der Waals surface area contributed by atoms with E-state index in [4.69, 9.17) is 24.3 Å². The van der Waals surface area contributed by atoms with Crippen molar-refractivity contribution < 1.29 is 24.3 Å². The molecule has 0 aliphatic rings. The monoisotopic (exact) mass is 351 g/mol. The van der Waals surface area contributed by atoms with Crippen LogP contribution in [0.25, 0.3) is 0 Å². The summed E-state index contributed by atoms with van der Waals surface area (Å²) in [6.45, 7) is 0. The molecule has 132 valence electrons. The highest BCUT2D eigenvalue weighted by molar-refractivity contribution is 5.70. The smallest absolute Gasteiger partial charge is 0.476 e. The van der Waals surface area contributed by atoms with E-state index >= 15 is 0 Å². The van der Waals surface area contributed by atoms with Crippen LogP contribution in [0.5, 0.6) is 17.2 Å². The summed E-state index contributed by atoms with van der Waals surface area (Å²) in [5.41, 5.74) is 0.578. The molecule has 0 spiro atoms. The lowest BCUT2D eigenvalue weighted by atomic mass is 10.3. The Morgan fingerprint density at radius 2 is 1.12 bits per heavy atom. The lowest BCUT2D eigenvalue weighted by molar-refractivity contribution is -0.208. The molecule has 0 bridgehead atoms. The molecule has 6 nitrogen and oxygen atoms in total. The molecule has 0 N–H and O–H groups in total. The molecule has 0 fully saturated rings. The summed E-state index contributed by atoms with van der Waals surface area (Å²) in [5, 5.41) is 0. The average Bonchev–Trinajstić information content (AvgIpc) is 2.72. The predicted molar refractivity (Wildman–Crippen MR) is 96.4 cm³/mol. The van der Waals surface area contributed by atoms with E-state index in [2.05, 4.69) is 4.99 Å². The fourth-order valence-electron chi connectivity index (χ4n) is 1.93. The van der Waals surface area contributed by atoms with Gasteiger partial charge >= 0.3 is 6.08 Å². The van der Waals surface area contributed by atoms with Crippen molar-refractivity contribution in [1.82, 2.24) is 0 Å². The Labute approximate surface area is 151 Å². The van der Waals surface area contributed by atoms with Crippen molar-refractivity contribution in [3.05, 3.63) is 84.9 Å². The molecule has 0 aliphatic heterocycles. The van der Waals surface area contributed by atoms with Gasteiger partial charge < -0.3 is 4.74 Å². The first-order valence-corrected chi connectivity index (χ1v) is 7.85. The number of ether oxygens (including phenoxy) is 1. The van der Waals surface area contributed by atoms with Gasteiger partial charge in [0.05, 0.1) is 12.8 Å². The number of aliphatic imine (C=N–C) groups is 1. The van der Waals surface area contributed by atoms with Crippen molar-refractivity contribution in [2.45, 2.75) is 0 Å². The summed E-state index contributed by atoms with van der Waals surface area (Å²) in [5.74, 6) is 1.71. The van der Waals surface area contributed by atoms with Gasteiger partial charge in [-0.1, -0.05) is 36.4 Å². The van der Waals surface area contributed by atoms with E-state index in [-0.39, 0.29) is 6.08 Å². The largest absolute Gasteiger partial charge is 0.497 e. The van der Waals surface area contributed by atoms with Crippen molar-refractivity contribution in [2.75, 3.05) is 7.11 Å². The van der Waals surface area contributed by atoms with E-state index in [9.17, 15) is 0 Å². The zero-order valence-corrected chi connectivity index (χ0v) is 14.1. The second-order valence-corrected chi connectivity index (χ2v) is 5.04. The summed E-state index contributed by atoms with van der Waals surface area (Å²) >= 11 is 0. The minimum Gasteiger partial charge on any atom is -0.497 e. The van der Waals surface area contributed by atoms with E-state index in [0.29, 0.717) is 22.9 Å². The van der Waals surface area contributed by atoms with Gasteiger partial charge in [-0.05, 0) is 48.5 Å². The van der Waals surface area contributed by atoms with Gasteiger partial charge in [0.2, 0.25) is 0 Å². The molecule has 0 unspecified atom stereocenters. The Morgan fingerprint density at radius 3 is 1.58 bits per heavy atom. The van der Waals surface area contributed by atoms with Gasteiger partial charge in [0.25, 0.3) is 0 Å². The Balaban J connectivity index is 1.71. The number of para-hydroxylation sites is 2. The van der Waals surface area contributed by atoms with E-state index in [1.165, 1.54) is 0 Å². The molecule has 3 rings (SSSR count). The SMILES string of the molecule is COc1ccc(N=C(OOc2ccccc2)OOc2ccccc2)cc1. The van der Waals surface area contributed by atoms with Crippen molar-refractivity contribution in [3.8, 4) is 17.2 Å². The van der Waals surface area contributed by atoms with Crippen LogP contribution in [0, 0.1) is 0 Å². The summed E-state index contributed by atoms with van der Waals surface area (Å²) in [6, 6.07) is 25.0. The Morgan fingerprint density at radius 1 is 0.615 bits per heavy atom. The van der Waals surface area contributed by atoms with Crippen LogP contribution in [0.4, 0.5) is 5.69 Å². The third kappa shape index (κ3) is 5.17. The van der Waals surface area contributed by atoms with Crippen LogP contribution in [-0.4, -0.2) is 13.2 Å². The van der Waals surface area contributed by atoms with Crippen LogP contribution >= 0.6 is 0 Å². The number of methoxy groups -OCH3 is 1. The highest BCUT2D eigenvalue weighted by atomic mass is 17.3. The summed E-state index contributed by atoms with van der Waals surface area (Å²) < 4.78 is 5.12. The van der Waals surface area contributed by atoms with Crippen LogP contribution in [0.3, 0.4) is 0 Å². The lowest BCUT2D eigenvalue weighted by Crippen LogP contribution is -2.14. The molecule has 0 saturated carbocycles. The predicted octanol–water partition coefficient (Wildman–Crippen LogP) is 4.70. The van der Waals surface area contributed by atoms with Gasteiger partial charge in [0.15, 0.2) is 11.5 Å². The quantitative estimate of drug-likeness (QED) is 0.279. The molecule has 0 aliphatic carbocycles. The molecule has 3 aromatic rings. The zero-order valence-electron chi connectivity index (χ0n) is 14.1. The van der Waals surface area contributed by atoms with E-state index < -0.39 is 0 Å². The highest BCUT2D eigenvalue weighted by Crippen LogP contribution is 2.19. The molecular formula is C20H17NO5. The topological polar surface area (TPSA) is 58.5 Å². The van der Waals surface area contributed by atoms with Crippen LogP contribution < -0.4 is 14.5 Å². The Hall–Kier alpha value is -3.67. The molecule has 0 saturated heterocycles. The maximum Gasteiger partial charge on any atom is 0.476 e. The number of rotatable bonds is 6. The van der Waals surface area contributed by atoms with Crippen LogP contribution in [0.1, 0.15) is 0 Å². The maximum atomic E-state index is 5.21. The van der Waals surface area contributed by atoms with Crippen LogP contribution in [0.2, 0.25) is 0 Å². The first-order chi connectivity index (χ1) is 12.8. The summed E-state index contributed by atoms with van der Waals surface area (Å²) in [4.78, 5) is 25.0. The number of nitrogens with zero attached hydrogens (tertiary/aromatic N) is 1. The van der Waals surface area contributed by atoms with Crippen molar-refractivity contribution in [3.63, 3.8) is 0 Å². The van der Waals surface area contributed by atoms with Crippen molar-refractivity contribution in [1.29, 1.82) is 0 Å². The first-order valence-electron chi connectivity index (χ1n) is 7.85. The number of hydrogen-bond donors (Lipinski definition) is 0. The van der Waals surface area contributed by atoms with Gasteiger partial charge in [-0.2, -0.15) is 4.99 Å². The molecule has 26 heavy (non-hydrogen) atoms. The highest BCUT2D eigenvalue weighted by Gasteiger charge is 2.09.